The van der Waals surface area contributed by atoms with Crippen LogP contribution in [0.5, 0.6) is 0 Å². The van der Waals surface area contributed by atoms with Crippen LogP contribution in [0, 0.1) is 0 Å². The molecule has 34 heavy (non-hydrogen) atoms. The number of carbonyl (C=O) groups excluding carboxylic acids is 2. The molecule has 1 N–H and O–H groups in total. The molecule has 2 heterocycles. The van der Waals surface area contributed by atoms with Crippen LogP contribution in [0.3, 0.4) is 0 Å². The minimum Gasteiger partial charge on any atom is -0.339 e. The molecule has 0 saturated heterocycles. The zero-order chi connectivity index (χ0) is 23.7. The van der Waals surface area contributed by atoms with Crippen LogP contribution < -0.4 is 10.2 Å². The summed E-state index contributed by atoms with van der Waals surface area (Å²) in [6.45, 7) is 0. The lowest BCUT2D eigenvalue weighted by Crippen LogP contribution is -2.38. The summed E-state index contributed by atoms with van der Waals surface area (Å²) < 4.78 is 0. The Labute approximate surface area is 199 Å². The van der Waals surface area contributed by atoms with Crippen molar-refractivity contribution in [2.45, 2.75) is 44.6 Å². The molecule has 7 heteroatoms. The maximum atomic E-state index is 12.9. The van der Waals surface area contributed by atoms with E-state index in [1.165, 1.54) is 19.3 Å². The van der Waals surface area contributed by atoms with Gasteiger partial charge in [-0.1, -0.05) is 37.5 Å². The second-order valence-corrected chi connectivity index (χ2v) is 9.12. The van der Waals surface area contributed by atoms with Crippen LogP contribution >= 0.6 is 0 Å². The second-order valence-electron chi connectivity index (χ2n) is 9.12. The minimum atomic E-state index is 0.00830. The molecule has 7 nitrogen and oxygen atoms in total. The maximum Gasteiger partial charge on any atom is 0.253 e. The van der Waals surface area contributed by atoms with Crippen LogP contribution in [0.15, 0.2) is 54.7 Å². The van der Waals surface area contributed by atoms with Gasteiger partial charge < -0.3 is 15.1 Å². The molecule has 1 aromatic heterocycles. The van der Waals surface area contributed by atoms with E-state index in [1.807, 2.05) is 60.5 Å². The van der Waals surface area contributed by atoms with Gasteiger partial charge in [0.05, 0.1) is 17.8 Å². The van der Waals surface area contributed by atoms with Crippen LogP contribution in [-0.2, 0) is 11.2 Å². The molecule has 0 unspecified atom stereocenters. The first-order chi connectivity index (χ1) is 16.5. The Kier molecular flexibility index (Phi) is 6.01. The highest BCUT2D eigenvalue weighted by molar-refractivity contribution is 6.01. The first-order valence-corrected chi connectivity index (χ1v) is 11.9. The van der Waals surface area contributed by atoms with Crippen LogP contribution in [-0.4, -0.2) is 46.8 Å². The molecule has 0 bridgehead atoms. The molecule has 1 fully saturated rings. The number of benzene rings is 2. The van der Waals surface area contributed by atoms with Crippen molar-refractivity contribution in [3.05, 3.63) is 65.9 Å². The predicted octanol–water partition coefficient (Wildman–Crippen LogP) is 4.81. The Morgan fingerprint density at radius 3 is 2.56 bits per heavy atom. The van der Waals surface area contributed by atoms with Gasteiger partial charge in [-0.25, -0.2) is 9.97 Å². The Morgan fingerprint density at radius 1 is 1.06 bits per heavy atom. The summed E-state index contributed by atoms with van der Waals surface area (Å²) in [5.74, 6) is 0.517. The van der Waals surface area contributed by atoms with Gasteiger partial charge in [-0.05, 0) is 43.2 Å². The van der Waals surface area contributed by atoms with E-state index in [-0.39, 0.29) is 18.2 Å². The summed E-state index contributed by atoms with van der Waals surface area (Å²) in [6.07, 6.45) is 7.80. The molecule has 2 amide bonds. The zero-order valence-corrected chi connectivity index (χ0v) is 19.6. The summed E-state index contributed by atoms with van der Waals surface area (Å²) >= 11 is 0. The van der Waals surface area contributed by atoms with E-state index in [9.17, 15) is 9.59 Å². The van der Waals surface area contributed by atoms with Crippen molar-refractivity contribution in [1.29, 1.82) is 0 Å². The number of carbonyl (C=O) groups is 2. The Hall–Kier alpha value is -3.74. The third-order valence-corrected chi connectivity index (χ3v) is 6.93. The maximum absolute atomic E-state index is 12.9. The van der Waals surface area contributed by atoms with Gasteiger partial charge in [-0.3, -0.25) is 9.59 Å². The predicted molar refractivity (Wildman–Crippen MR) is 133 cm³/mol. The van der Waals surface area contributed by atoms with E-state index in [2.05, 4.69) is 10.3 Å². The largest absolute Gasteiger partial charge is 0.339 e. The third-order valence-electron chi connectivity index (χ3n) is 6.93. The SMILES string of the molecule is CN1C(=O)Cc2cnc(Nc3ccc(C(=O)N(C)C4CCCCC4)cc3)nc2-c2ccccc21. The Bertz CT molecular complexity index is 1220. The molecule has 1 aliphatic heterocycles. The van der Waals surface area contributed by atoms with Crippen LogP contribution in [0.4, 0.5) is 17.3 Å². The third kappa shape index (κ3) is 4.25. The number of hydrogen-bond acceptors (Lipinski definition) is 5. The summed E-state index contributed by atoms with van der Waals surface area (Å²) in [5, 5.41) is 3.24. The topological polar surface area (TPSA) is 78.4 Å². The molecule has 1 saturated carbocycles. The molecule has 0 spiro atoms. The normalized spacial score (nSPS) is 15.8. The van der Waals surface area contributed by atoms with E-state index in [0.717, 1.165) is 41.0 Å². The monoisotopic (exact) mass is 455 g/mol. The quantitative estimate of drug-likeness (QED) is 0.611. The van der Waals surface area contributed by atoms with Crippen molar-refractivity contribution in [2.75, 3.05) is 24.3 Å². The lowest BCUT2D eigenvalue weighted by molar-refractivity contribution is -0.117. The standard InChI is InChI=1S/C27H29N5O2/c1-31(21-8-4-3-5-9-21)26(34)18-12-14-20(15-13-18)29-27-28-17-19-16-24(33)32(2)23-11-7-6-10-22(23)25(19)30-27/h6-7,10-15,17,21H,3-5,8-9,16H2,1-2H3,(H,28,29,30). The lowest BCUT2D eigenvalue weighted by atomic mass is 9.94. The number of rotatable bonds is 4. The first-order valence-electron chi connectivity index (χ1n) is 11.9. The summed E-state index contributed by atoms with van der Waals surface area (Å²) in [4.78, 5) is 38.3. The Balaban J connectivity index is 1.36. The van der Waals surface area contributed by atoms with Gasteiger partial charge >= 0.3 is 0 Å². The lowest BCUT2D eigenvalue weighted by Gasteiger charge is -2.31. The summed E-state index contributed by atoms with van der Waals surface area (Å²) in [7, 11) is 3.70. The summed E-state index contributed by atoms with van der Waals surface area (Å²) in [6, 6.07) is 15.5. The molecule has 174 valence electrons. The molecule has 1 aliphatic carbocycles. The number of nitrogens with zero attached hydrogens (tertiary/aromatic N) is 4. The molecular weight excluding hydrogens is 426 g/mol. The molecule has 3 aromatic rings. The highest BCUT2D eigenvalue weighted by Crippen LogP contribution is 2.35. The van der Waals surface area contributed by atoms with Gasteiger partial charge in [0, 0.05) is 48.7 Å². The fourth-order valence-electron chi connectivity index (χ4n) is 4.87. The zero-order valence-electron chi connectivity index (χ0n) is 19.6. The molecular formula is C27H29N5O2. The van der Waals surface area contributed by atoms with Crippen molar-refractivity contribution in [2.24, 2.45) is 0 Å². The van der Waals surface area contributed by atoms with E-state index in [1.54, 1.807) is 18.1 Å². The first kappa shape index (κ1) is 22.1. The Morgan fingerprint density at radius 2 is 1.79 bits per heavy atom. The number of hydrogen-bond donors (Lipinski definition) is 1. The van der Waals surface area contributed by atoms with Crippen LogP contribution in [0.2, 0.25) is 0 Å². The van der Waals surface area contributed by atoms with Crippen molar-refractivity contribution < 1.29 is 9.59 Å². The average Bonchev–Trinajstić information content (AvgIpc) is 2.99. The van der Waals surface area contributed by atoms with Crippen LogP contribution in [0.25, 0.3) is 11.3 Å². The fourth-order valence-corrected chi connectivity index (χ4v) is 4.87. The van der Waals surface area contributed by atoms with Crippen molar-refractivity contribution in [1.82, 2.24) is 14.9 Å². The fraction of sp³-hybridized carbons (Fsp3) is 0.333. The van der Waals surface area contributed by atoms with Gasteiger partial charge in [0.25, 0.3) is 5.91 Å². The summed E-state index contributed by atoms with van der Waals surface area (Å²) in [5.41, 5.74) is 4.78. The number of aromatic nitrogens is 2. The van der Waals surface area contributed by atoms with Crippen LogP contribution in [0.1, 0.15) is 48.0 Å². The van der Waals surface area contributed by atoms with E-state index in [0.29, 0.717) is 17.6 Å². The van der Waals surface area contributed by atoms with E-state index in [4.69, 9.17) is 4.98 Å². The number of anilines is 3. The number of amides is 2. The number of likely N-dealkylation sites (N-methyl/N-ethyl adjacent to an activating group) is 1. The molecule has 5 rings (SSSR count). The average molecular weight is 456 g/mol. The molecule has 0 radical (unpaired) electrons. The number of fused-ring (bicyclic) bond motifs is 3. The smallest absolute Gasteiger partial charge is 0.253 e. The van der Waals surface area contributed by atoms with Crippen molar-refractivity contribution >= 4 is 29.1 Å². The van der Waals surface area contributed by atoms with Crippen molar-refractivity contribution in [3.63, 3.8) is 0 Å². The molecule has 2 aliphatic rings. The highest BCUT2D eigenvalue weighted by Gasteiger charge is 2.25. The second kappa shape index (κ2) is 9.25. The molecule has 0 atom stereocenters. The van der Waals surface area contributed by atoms with E-state index < -0.39 is 0 Å². The number of nitrogens with one attached hydrogen (secondary N) is 1. The van der Waals surface area contributed by atoms with Gasteiger partial charge in [0.15, 0.2) is 0 Å². The highest BCUT2D eigenvalue weighted by atomic mass is 16.2. The van der Waals surface area contributed by atoms with Gasteiger partial charge in [-0.2, -0.15) is 0 Å². The van der Waals surface area contributed by atoms with E-state index >= 15 is 0 Å². The van der Waals surface area contributed by atoms with Gasteiger partial charge in [0.2, 0.25) is 11.9 Å². The van der Waals surface area contributed by atoms with Gasteiger partial charge in [0.1, 0.15) is 0 Å². The minimum absolute atomic E-state index is 0.00830. The molecule has 2 aromatic carbocycles. The number of para-hydroxylation sites is 1. The van der Waals surface area contributed by atoms with Gasteiger partial charge in [-0.15, -0.1) is 0 Å². The van der Waals surface area contributed by atoms with Crippen molar-refractivity contribution in [3.8, 4) is 11.3 Å².